The van der Waals surface area contributed by atoms with Gasteiger partial charge in [-0.1, -0.05) is 0 Å². The summed E-state index contributed by atoms with van der Waals surface area (Å²) in [6.07, 6.45) is 0.867. The molecular formula is C12H12IN3O. The fraction of sp³-hybridized carbons (Fsp3) is 0.250. The molecule has 2 aromatic rings. The van der Waals surface area contributed by atoms with Crippen LogP contribution in [0.5, 0.6) is 0 Å². The number of benzene rings is 1. The Balaban J connectivity index is 2.11. The molecule has 0 atom stereocenters. The van der Waals surface area contributed by atoms with Crippen LogP contribution in [0.3, 0.4) is 0 Å². The fourth-order valence-corrected chi connectivity index (χ4v) is 2.42. The summed E-state index contributed by atoms with van der Waals surface area (Å²) in [4.78, 5) is 0. The van der Waals surface area contributed by atoms with Gasteiger partial charge in [0.25, 0.3) is 0 Å². The van der Waals surface area contributed by atoms with Crippen molar-refractivity contribution in [2.75, 3.05) is 12.3 Å². The highest BCUT2D eigenvalue weighted by molar-refractivity contribution is 14.1. The third-order valence-electron chi connectivity index (χ3n) is 2.92. The minimum absolute atomic E-state index is 0.575. The Morgan fingerprint density at radius 2 is 2.06 bits per heavy atom. The van der Waals surface area contributed by atoms with Crippen LogP contribution in [0.25, 0.3) is 5.69 Å². The standard InChI is InChI=1S/C12H12IN3O/c13-8-1-3-9(4-2-8)16-11-5-6-17-7-10(11)12(14)15-16/h1-4H,5-7H2,(H2,14,15). The van der Waals surface area contributed by atoms with Crippen molar-refractivity contribution >= 4 is 28.4 Å². The largest absolute Gasteiger partial charge is 0.382 e. The van der Waals surface area contributed by atoms with Gasteiger partial charge in [-0.15, -0.1) is 0 Å². The Morgan fingerprint density at radius 3 is 2.82 bits per heavy atom. The number of hydrogen-bond acceptors (Lipinski definition) is 3. The molecule has 1 aromatic heterocycles. The molecule has 0 spiro atoms. The zero-order valence-electron chi connectivity index (χ0n) is 9.19. The van der Waals surface area contributed by atoms with Crippen LogP contribution in [0, 0.1) is 3.57 Å². The molecule has 0 radical (unpaired) electrons. The number of nitrogens with zero attached hydrogens (tertiary/aromatic N) is 2. The average molecular weight is 341 g/mol. The highest BCUT2D eigenvalue weighted by atomic mass is 127. The summed E-state index contributed by atoms with van der Waals surface area (Å²) in [6.45, 7) is 1.31. The SMILES string of the molecule is Nc1nn(-c2ccc(I)cc2)c2c1COCC2. The molecule has 17 heavy (non-hydrogen) atoms. The van der Waals surface area contributed by atoms with E-state index in [4.69, 9.17) is 10.5 Å². The monoisotopic (exact) mass is 341 g/mol. The van der Waals surface area contributed by atoms with E-state index in [-0.39, 0.29) is 0 Å². The number of anilines is 1. The molecule has 2 heterocycles. The van der Waals surface area contributed by atoms with Gasteiger partial charge in [0, 0.05) is 15.6 Å². The predicted molar refractivity (Wildman–Crippen MR) is 74.1 cm³/mol. The van der Waals surface area contributed by atoms with Crippen molar-refractivity contribution in [2.45, 2.75) is 13.0 Å². The Bertz CT molecular complexity index is 548. The molecule has 0 aliphatic carbocycles. The van der Waals surface area contributed by atoms with Gasteiger partial charge < -0.3 is 10.5 Å². The highest BCUT2D eigenvalue weighted by Crippen LogP contribution is 2.25. The lowest BCUT2D eigenvalue weighted by molar-refractivity contribution is 0.110. The molecule has 2 N–H and O–H groups in total. The van der Waals surface area contributed by atoms with Crippen LogP contribution in [-0.2, 0) is 17.8 Å². The first kappa shape index (κ1) is 11.0. The van der Waals surface area contributed by atoms with E-state index in [1.807, 2.05) is 4.68 Å². The molecule has 0 amide bonds. The summed E-state index contributed by atoms with van der Waals surface area (Å²) in [5.41, 5.74) is 9.18. The number of nitrogens with two attached hydrogens (primary N) is 1. The van der Waals surface area contributed by atoms with E-state index >= 15 is 0 Å². The molecule has 0 saturated carbocycles. The van der Waals surface area contributed by atoms with Crippen LogP contribution in [0.15, 0.2) is 24.3 Å². The van der Waals surface area contributed by atoms with Gasteiger partial charge in [0.05, 0.1) is 24.6 Å². The van der Waals surface area contributed by atoms with Crippen LogP contribution in [0.1, 0.15) is 11.3 Å². The van der Waals surface area contributed by atoms with Gasteiger partial charge in [-0.25, -0.2) is 4.68 Å². The molecular weight excluding hydrogens is 329 g/mol. The lowest BCUT2D eigenvalue weighted by atomic mass is 10.1. The number of rotatable bonds is 1. The van der Waals surface area contributed by atoms with Crippen LogP contribution in [0.2, 0.25) is 0 Å². The van der Waals surface area contributed by atoms with Gasteiger partial charge in [-0.3, -0.25) is 0 Å². The van der Waals surface area contributed by atoms with Gasteiger partial charge in [-0.2, -0.15) is 5.10 Å². The van der Waals surface area contributed by atoms with Crippen molar-refractivity contribution in [2.24, 2.45) is 0 Å². The van der Waals surface area contributed by atoms with Gasteiger partial charge in [0.2, 0.25) is 0 Å². The van der Waals surface area contributed by atoms with E-state index in [1.165, 1.54) is 9.26 Å². The molecule has 88 valence electrons. The second kappa shape index (κ2) is 4.30. The average Bonchev–Trinajstić information content (AvgIpc) is 2.69. The maximum absolute atomic E-state index is 5.92. The summed E-state index contributed by atoms with van der Waals surface area (Å²) < 4.78 is 8.56. The second-order valence-corrected chi connectivity index (χ2v) is 5.25. The Kier molecular flexibility index (Phi) is 2.79. The minimum Gasteiger partial charge on any atom is -0.382 e. The topological polar surface area (TPSA) is 53.1 Å². The van der Waals surface area contributed by atoms with Gasteiger partial charge >= 0.3 is 0 Å². The van der Waals surface area contributed by atoms with Crippen LogP contribution >= 0.6 is 22.6 Å². The van der Waals surface area contributed by atoms with Crippen molar-refractivity contribution in [3.63, 3.8) is 0 Å². The minimum atomic E-state index is 0.575. The van der Waals surface area contributed by atoms with Crippen LogP contribution in [-0.4, -0.2) is 16.4 Å². The molecule has 0 unspecified atom stereocenters. The molecule has 0 bridgehead atoms. The maximum Gasteiger partial charge on any atom is 0.151 e. The Labute approximate surface area is 113 Å². The smallest absolute Gasteiger partial charge is 0.151 e. The van der Waals surface area contributed by atoms with E-state index in [2.05, 4.69) is 52.0 Å². The van der Waals surface area contributed by atoms with Crippen molar-refractivity contribution in [1.82, 2.24) is 9.78 Å². The number of ether oxygens (including phenoxy) is 1. The van der Waals surface area contributed by atoms with Crippen molar-refractivity contribution in [3.8, 4) is 5.69 Å². The van der Waals surface area contributed by atoms with E-state index in [1.54, 1.807) is 0 Å². The van der Waals surface area contributed by atoms with Crippen molar-refractivity contribution in [1.29, 1.82) is 0 Å². The third kappa shape index (κ3) is 1.93. The zero-order chi connectivity index (χ0) is 11.8. The fourth-order valence-electron chi connectivity index (χ4n) is 2.06. The number of aromatic nitrogens is 2. The number of halogens is 1. The molecule has 1 aromatic carbocycles. The quantitative estimate of drug-likeness (QED) is 0.809. The molecule has 3 rings (SSSR count). The lowest BCUT2D eigenvalue weighted by Crippen LogP contribution is -2.13. The molecule has 0 saturated heterocycles. The predicted octanol–water partition coefficient (Wildman–Crippen LogP) is 2.13. The van der Waals surface area contributed by atoms with Crippen molar-refractivity contribution < 1.29 is 4.74 Å². The molecule has 1 aliphatic rings. The summed E-state index contributed by atoms with van der Waals surface area (Å²) in [7, 11) is 0. The third-order valence-corrected chi connectivity index (χ3v) is 3.64. The van der Waals surface area contributed by atoms with E-state index < -0.39 is 0 Å². The number of fused-ring (bicyclic) bond motifs is 1. The molecule has 1 aliphatic heterocycles. The normalized spacial score (nSPS) is 14.6. The number of hydrogen-bond donors (Lipinski definition) is 1. The summed E-state index contributed by atoms with van der Waals surface area (Å²) >= 11 is 2.29. The Morgan fingerprint density at radius 1 is 1.29 bits per heavy atom. The first-order chi connectivity index (χ1) is 8.25. The van der Waals surface area contributed by atoms with Gasteiger partial charge in [0.15, 0.2) is 5.82 Å². The second-order valence-electron chi connectivity index (χ2n) is 4.00. The van der Waals surface area contributed by atoms with Gasteiger partial charge in [0.1, 0.15) is 0 Å². The summed E-state index contributed by atoms with van der Waals surface area (Å²) in [5.74, 6) is 0.582. The summed E-state index contributed by atoms with van der Waals surface area (Å²) in [6, 6.07) is 8.26. The lowest BCUT2D eigenvalue weighted by Gasteiger charge is -2.14. The van der Waals surface area contributed by atoms with E-state index in [0.717, 1.165) is 24.3 Å². The van der Waals surface area contributed by atoms with Crippen molar-refractivity contribution in [3.05, 3.63) is 39.1 Å². The first-order valence-electron chi connectivity index (χ1n) is 5.45. The first-order valence-corrected chi connectivity index (χ1v) is 6.53. The summed E-state index contributed by atoms with van der Waals surface area (Å²) in [5, 5.41) is 4.40. The highest BCUT2D eigenvalue weighted by Gasteiger charge is 2.20. The maximum atomic E-state index is 5.92. The molecule has 5 heteroatoms. The molecule has 0 fully saturated rings. The van der Waals surface area contributed by atoms with Crippen LogP contribution < -0.4 is 5.73 Å². The number of nitrogen functional groups attached to an aromatic ring is 1. The van der Waals surface area contributed by atoms with Gasteiger partial charge in [-0.05, 0) is 46.9 Å². The zero-order valence-corrected chi connectivity index (χ0v) is 11.3. The van der Waals surface area contributed by atoms with Crippen LogP contribution in [0.4, 0.5) is 5.82 Å². The van der Waals surface area contributed by atoms with E-state index in [9.17, 15) is 0 Å². The van der Waals surface area contributed by atoms with E-state index in [0.29, 0.717) is 12.4 Å². The molecule has 4 nitrogen and oxygen atoms in total. The Hall–Kier alpha value is -1.08.